The van der Waals surface area contributed by atoms with Gasteiger partial charge in [0.1, 0.15) is 5.75 Å². The van der Waals surface area contributed by atoms with Gasteiger partial charge in [-0.05, 0) is 30.2 Å². The van der Waals surface area contributed by atoms with E-state index in [0.717, 1.165) is 12.0 Å². The third-order valence-corrected chi connectivity index (χ3v) is 3.41. The van der Waals surface area contributed by atoms with Crippen molar-refractivity contribution in [2.45, 2.75) is 45.4 Å². The van der Waals surface area contributed by atoms with Crippen molar-refractivity contribution in [1.82, 2.24) is 5.43 Å². The average molecular weight is 361 g/mol. The Labute approximate surface area is 149 Å². The average Bonchev–Trinajstić information content (AvgIpc) is 2.48. The summed E-state index contributed by atoms with van der Waals surface area (Å²) in [5, 5.41) is 11.3. The Bertz CT molecular complexity index is 495. The third-order valence-electron chi connectivity index (χ3n) is 3.11. The first-order valence-electron chi connectivity index (χ1n) is 7.69. The van der Waals surface area contributed by atoms with E-state index < -0.39 is 0 Å². The molecule has 23 heavy (non-hydrogen) atoms. The standard InChI is InChI=1S/C16H25ClN4O.ClH/c1-2-3-4-5-6-7-10-22-15-9-8-13(11-14(15)17)12-20-21-16(18)19;/h8-9,11-12H,2-7,10H2,1H3,(H4,18,19,21);1H. The predicted molar refractivity (Wildman–Crippen MR) is 100 cm³/mol. The highest BCUT2D eigenvalue weighted by atomic mass is 35.5. The molecule has 0 spiro atoms. The van der Waals surface area contributed by atoms with Gasteiger partial charge >= 0.3 is 0 Å². The molecule has 0 aromatic heterocycles. The summed E-state index contributed by atoms with van der Waals surface area (Å²) in [6, 6.07) is 5.45. The first-order valence-corrected chi connectivity index (χ1v) is 8.06. The van der Waals surface area contributed by atoms with Crippen LogP contribution in [-0.2, 0) is 0 Å². The number of nitrogens with two attached hydrogens (primary N) is 1. The zero-order chi connectivity index (χ0) is 16.2. The Morgan fingerprint density at radius 1 is 1.30 bits per heavy atom. The highest BCUT2D eigenvalue weighted by Crippen LogP contribution is 2.25. The van der Waals surface area contributed by atoms with Gasteiger partial charge in [0.15, 0.2) is 0 Å². The van der Waals surface area contributed by atoms with Gasteiger partial charge in [0.05, 0.1) is 17.8 Å². The maximum atomic E-state index is 6.99. The molecule has 0 radical (unpaired) electrons. The molecule has 0 aliphatic rings. The molecule has 0 saturated heterocycles. The SMILES string of the molecule is CCCCCCCCOc1ccc(C=NNC(=N)N)cc1Cl.Cl. The summed E-state index contributed by atoms with van der Waals surface area (Å²) in [5.74, 6) is 0.480. The molecular weight excluding hydrogens is 335 g/mol. The molecule has 0 saturated carbocycles. The van der Waals surface area contributed by atoms with Gasteiger partial charge in [0, 0.05) is 0 Å². The van der Waals surface area contributed by atoms with Crippen LogP contribution in [0.25, 0.3) is 0 Å². The topological polar surface area (TPSA) is 83.5 Å². The Balaban J connectivity index is 0.00000484. The molecule has 0 fully saturated rings. The fourth-order valence-corrected chi connectivity index (χ4v) is 2.20. The van der Waals surface area contributed by atoms with Crippen molar-refractivity contribution >= 4 is 36.2 Å². The van der Waals surface area contributed by atoms with Crippen LogP contribution in [0.15, 0.2) is 23.3 Å². The molecule has 0 aliphatic carbocycles. The van der Waals surface area contributed by atoms with E-state index in [1.807, 2.05) is 12.1 Å². The molecule has 1 aromatic rings. The fraction of sp³-hybridized carbons (Fsp3) is 0.500. The molecule has 7 heteroatoms. The predicted octanol–water partition coefficient (Wildman–Crippen LogP) is 4.32. The number of nitrogens with zero attached hydrogens (tertiary/aromatic N) is 1. The lowest BCUT2D eigenvalue weighted by Crippen LogP contribution is -2.25. The van der Waals surface area contributed by atoms with Gasteiger partial charge in [-0.3, -0.25) is 5.41 Å². The minimum absolute atomic E-state index is 0. The number of benzene rings is 1. The number of guanidine groups is 1. The van der Waals surface area contributed by atoms with Crippen LogP contribution in [-0.4, -0.2) is 18.8 Å². The number of hydrogen-bond donors (Lipinski definition) is 3. The van der Waals surface area contributed by atoms with Crippen LogP contribution in [0, 0.1) is 5.41 Å². The van der Waals surface area contributed by atoms with Crippen molar-refractivity contribution in [3.8, 4) is 5.75 Å². The molecule has 0 unspecified atom stereocenters. The summed E-state index contributed by atoms with van der Waals surface area (Å²) < 4.78 is 5.69. The first-order chi connectivity index (χ1) is 10.6. The van der Waals surface area contributed by atoms with Crippen molar-refractivity contribution in [2.75, 3.05) is 6.61 Å². The van der Waals surface area contributed by atoms with Crippen LogP contribution < -0.4 is 15.9 Å². The molecule has 5 nitrogen and oxygen atoms in total. The van der Waals surface area contributed by atoms with Crippen LogP contribution in [0.4, 0.5) is 0 Å². The summed E-state index contributed by atoms with van der Waals surface area (Å²) >= 11 is 6.18. The van der Waals surface area contributed by atoms with Crippen molar-refractivity contribution in [1.29, 1.82) is 5.41 Å². The fourth-order valence-electron chi connectivity index (χ4n) is 1.96. The van der Waals surface area contributed by atoms with Crippen LogP contribution in [0.2, 0.25) is 5.02 Å². The lowest BCUT2D eigenvalue weighted by Gasteiger charge is -2.08. The number of ether oxygens (including phenoxy) is 1. The molecule has 0 heterocycles. The van der Waals surface area contributed by atoms with Crippen LogP contribution >= 0.6 is 24.0 Å². The monoisotopic (exact) mass is 360 g/mol. The maximum absolute atomic E-state index is 6.99. The number of halogens is 2. The van der Waals surface area contributed by atoms with E-state index in [4.69, 9.17) is 27.5 Å². The zero-order valence-corrected chi connectivity index (χ0v) is 15.1. The van der Waals surface area contributed by atoms with Gasteiger partial charge in [-0.2, -0.15) is 5.10 Å². The second-order valence-electron chi connectivity index (χ2n) is 5.09. The minimum Gasteiger partial charge on any atom is -0.492 e. The van der Waals surface area contributed by atoms with E-state index in [1.165, 1.54) is 32.1 Å². The Kier molecular flexibility index (Phi) is 12.2. The maximum Gasteiger partial charge on any atom is 0.206 e. The van der Waals surface area contributed by atoms with Crippen LogP contribution in [0.3, 0.4) is 0 Å². The number of rotatable bonds is 10. The normalized spacial score (nSPS) is 10.3. The van der Waals surface area contributed by atoms with Crippen molar-refractivity contribution in [2.24, 2.45) is 10.8 Å². The van der Waals surface area contributed by atoms with Gasteiger partial charge in [-0.15, -0.1) is 12.4 Å². The summed E-state index contributed by atoms with van der Waals surface area (Å²) in [6.07, 6.45) is 8.94. The quantitative estimate of drug-likeness (QED) is 0.251. The number of hydrazone groups is 1. The van der Waals surface area contributed by atoms with Crippen molar-refractivity contribution in [3.63, 3.8) is 0 Å². The second kappa shape index (κ2) is 13.0. The van der Waals surface area contributed by atoms with E-state index >= 15 is 0 Å². The molecule has 1 rings (SSSR count). The Hall–Kier alpha value is -1.46. The third kappa shape index (κ3) is 10.0. The van der Waals surface area contributed by atoms with Crippen LogP contribution in [0.1, 0.15) is 51.0 Å². The lowest BCUT2D eigenvalue weighted by molar-refractivity contribution is 0.304. The first kappa shape index (κ1) is 21.5. The molecule has 0 atom stereocenters. The largest absolute Gasteiger partial charge is 0.492 e. The van der Waals surface area contributed by atoms with E-state index in [2.05, 4.69) is 17.5 Å². The smallest absolute Gasteiger partial charge is 0.206 e. The van der Waals surface area contributed by atoms with E-state index in [9.17, 15) is 0 Å². The number of hydrogen-bond acceptors (Lipinski definition) is 3. The highest BCUT2D eigenvalue weighted by Gasteiger charge is 2.02. The van der Waals surface area contributed by atoms with Gasteiger partial charge in [0.25, 0.3) is 0 Å². The zero-order valence-electron chi connectivity index (χ0n) is 13.5. The number of unbranched alkanes of at least 4 members (excludes halogenated alkanes) is 5. The van der Waals surface area contributed by atoms with Crippen molar-refractivity contribution in [3.05, 3.63) is 28.8 Å². The van der Waals surface area contributed by atoms with Gasteiger partial charge in [0.2, 0.25) is 5.96 Å². The molecule has 0 amide bonds. The van der Waals surface area contributed by atoms with Crippen LogP contribution in [0.5, 0.6) is 5.75 Å². The van der Waals surface area contributed by atoms with Crippen molar-refractivity contribution < 1.29 is 4.74 Å². The van der Waals surface area contributed by atoms with Gasteiger partial charge in [-0.25, -0.2) is 5.43 Å². The molecule has 0 bridgehead atoms. The summed E-state index contributed by atoms with van der Waals surface area (Å²) in [4.78, 5) is 0. The Morgan fingerprint density at radius 2 is 2.00 bits per heavy atom. The molecular formula is C16H26Cl2N4O. The lowest BCUT2D eigenvalue weighted by atomic mass is 10.1. The van der Waals surface area contributed by atoms with Gasteiger partial charge in [-0.1, -0.05) is 50.6 Å². The van der Waals surface area contributed by atoms with E-state index in [0.29, 0.717) is 17.4 Å². The molecule has 130 valence electrons. The molecule has 0 aliphatic heterocycles. The highest BCUT2D eigenvalue weighted by molar-refractivity contribution is 6.32. The van der Waals surface area contributed by atoms with E-state index in [1.54, 1.807) is 12.3 Å². The molecule has 1 aromatic carbocycles. The van der Waals surface area contributed by atoms with Gasteiger partial charge < -0.3 is 10.5 Å². The van der Waals surface area contributed by atoms with E-state index in [-0.39, 0.29) is 18.4 Å². The summed E-state index contributed by atoms with van der Waals surface area (Å²) in [5.41, 5.74) is 8.29. The molecule has 4 N–H and O–H groups in total. The minimum atomic E-state index is -0.207. The number of nitrogens with one attached hydrogen (secondary N) is 2. The second-order valence-corrected chi connectivity index (χ2v) is 5.50. The summed E-state index contributed by atoms with van der Waals surface area (Å²) in [6.45, 7) is 2.90. The summed E-state index contributed by atoms with van der Waals surface area (Å²) in [7, 11) is 0. The Morgan fingerprint density at radius 3 is 2.65 bits per heavy atom.